The Hall–Kier alpha value is -4.26. The fraction of sp³-hybridized carbons (Fsp3) is 0.185. The Bertz CT molecular complexity index is 1190. The lowest BCUT2D eigenvalue weighted by atomic mass is 9.70. The third-order valence-electron chi connectivity index (χ3n) is 6.32. The molecule has 7 nitrogen and oxygen atoms in total. The van der Waals surface area contributed by atoms with Crippen molar-refractivity contribution in [1.29, 1.82) is 0 Å². The molecule has 0 aliphatic carbocycles. The molecule has 3 amide bonds. The second-order valence-electron chi connectivity index (χ2n) is 8.09. The van der Waals surface area contributed by atoms with Gasteiger partial charge in [-0.2, -0.15) is 0 Å². The van der Waals surface area contributed by atoms with E-state index in [9.17, 15) is 19.2 Å². The van der Waals surface area contributed by atoms with E-state index in [2.05, 4.69) is 0 Å². The highest BCUT2D eigenvalue weighted by atomic mass is 16.5. The summed E-state index contributed by atoms with van der Waals surface area (Å²) in [6.07, 6.45) is 0. The molecule has 0 spiro atoms. The summed E-state index contributed by atoms with van der Waals surface area (Å²) in [5.74, 6) is -2.73. The topological polar surface area (TPSA) is 84.0 Å². The SMILES string of the molecule is COc1ccc(C2(C(C(=O)c3ccccc3)C(=O)c3ccccc3)C(=O)N(C)C(=O)N2C)cc1. The van der Waals surface area contributed by atoms with Crippen molar-refractivity contribution in [3.05, 3.63) is 102 Å². The summed E-state index contributed by atoms with van der Waals surface area (Å²) in [5, 5.41) is 0. The molecule has 0 N–H and O–H groups in total. The maximum Gasteiger partial charge on any atom is 0.327 e. The van der Waals surface area contributed by atoms with E-state index in [-0.39, 0.29) is 11.1 Å². The van der Waals surface area contributed by atoms with E-state index in [1.165, 1.54) is 26.1 Å². The van der Waals surface area contributed by atoms with Gasteiger partial charge in [-0.15, -0.1) is 0 Å². The normalized spacial score (nSPS) is 17.9. The highest BCUT2D eigenvalue weighted by Crippen LogP contribution is 2.45. The van der Waals surface area contributed by atoms with Crippen molar-refractivity contribution < 1.29 is 23.9 Å². The van der Waals surface area contributed by atoms with Gasteiger partial charge in [0.25, 0.3) is 5.91 Å². The molecule has 0 saturated carbocycles. The number of carbonyl (C=O) groups excluding carboxylic acids is 4. The van der Waals surface area contributed by atoms with Crippen molar-refractivity contribution >= 4 is 23.5 Å². The zero-order valence-corrected chi connectivity index (χ0v) is 19.1. The second kappa shape index (κ2) is 8.94. The van der Waals surface area contributed by atoms with Gasteiger partial charge in [0.05, 0.1) is 7.11 Å². The fourth-order valence-electron chi connectivity index (χ4n) is 4.54. The van der Waals surface area contributed by atoms with Gasteiger partial charge >= 0.3 is 6.03 Å². The van der Waals surface area contributed by atoms with Crippen molar-refractivity contribution in [2.45, 2.75) is 5.54 Å². The summed E-state index contributed by atoms with van der Waals surface area (Å²) in [4.78, 5) is 57.0. The Morgan fingerprint density at radius 2 is 1.24 bits per heavy atom. The Balaban J connectivity index is 2.02. The molecular formula is C27H24N2O5. The predicted molar refractivity (Wildman–Crippen MR) is 126 cm³/mol. The van der Waals surface area contributed by atoms with Crippen LogP contribution < -0.4 is 4.74 Å². The Kier molecular flexibility index (Phi) is 6.03. The van der Waals surface area contributed by atoms with Crippen LogP contribution in [0.25, 0.3) is 0 Å². The minimum Gasteiger partial charge on any atom is -0.497 e. The maximum atomic E-state index is 14.0. The minimum absolute atomic E-state index is 0.271. The predicted octanol–water partition coefficient (Wildman–Crippen LogP) is 3.80. The van der Waals surface area contributed by atoms with Gasteiger partial charge in [0.1, 0.15) is 11.7 Å². The number of likely N-dealkylation sites (N-methyl/N-ethyl adjacent to an activating group) is 2. The van der Waals surface area contributed by atoms with Crippen molar-refractivity contribution in [1.82, 2.24) is 9.80 Å². The summed E-state index contributed by atoms with van der Waals surface area (Å²) in [7, 11) is 4.30. The van der Waals surface area contributed by atoms with Crippen LogP contribution in [0.3, 0.4) is 0 Å². The summed E-state index contributed by atoms with van der Waals surface area (Å²) < 4.78 is 5.24. The molecule has 34 heavy (non-hydrogen) atoms. The molecule has 1 aliphatic rings. The lowest BCUT2D eigenvalue weighted by Gasteiger charge is -2.38. The van der Waals surface area contributed by atoms with Crippen molar-refractivity contribution in [2.75, 3.05) is 21.2 Å². The molecule has 1 aliphatic heterocycles. The van der Waals surface area contributed by atoms with Gasteiger partial charge < -0.3 is 9.64 Å². The number of hydrogen-bond acceptors (Lipinski definition) is 5. The first-order valence-corrected chi connectivity index (χ1v) is 10.7. The van der Waals surface area contributed by atoms with E-state index in [0.717, 1.165) is 4.90 Å². The number of urea groups is 1. The summed E-state index contributed by atoms with van der Waals surface area (Å²) in [6.45, 7) is 0. The molecule has 172 valence electrons. The molecule has 1 unspecified atom stereocenters. The number of imide groups is 1. The third-order valence-corrected chi connectivity index (χ3v) is 6.32. The largest absolute Gasteiger partial charge is 0.497 e. The highest BCUT2D eigenvalue weighted by Gasteiger charge is 2.64. The van der Waals surface area contributed by atoms with Gasteiger partial charge in [-0.1, -0.05) is 72.8 Å². The fourth-order valence-corrected chi connectivity index (χ4v) is 4.54. The van der Waals surface area contributed by atoms with E-state index in [1.54, 1.807) is 84.9 Å². The first-order valence-electron chi connectivity index (χ1n) is 10.7. The van der Waals surface area contributed by atoms with Gasteiger partial charge in [-0.25, -0.2) is 4.79 Å². The van der Waals surface area contributed by atoms with Gasteiger partial charge in [-0.05, 0) is 17.7 Å². The molecule has 7 heteroatoms. The van der Waals surface area contributed by atoms with Crippen LogP contribution in [-0.2, 0) is 10.3 Å². The number of methoxy groups -OCH3 is 1. The molecule has 1 saturated heterocycles. The highest BCUT2D eigenvalue weighted by molar-refractivity contribution is 6.22. The number of nitrogens with zero attached hydrogens (tertiary/aromatic N) is 2. The number of ketones is 2. The molecule has 0 radical (unpaired) electrons. The lowest BCUT2D eigenvalue weighted by Crippen LogP contribution is -2.56. The van der Waals surface area contributed by atoms with Crippen LogP contribution in [0.1, 0.15) is 26.3 Å². The van der Waals surface area contributed by atoms with Gasteiger partial charge in [0.15, 0.2) is 17.1 Å². The van der Waals surface area contributed by atoms with Crippen molar-refractivity contribution in [3.8, 4) is 5.75 Å². The van der Waals surface area contributed by atoms with Crippen LogP contribution >= 0.6 is 0 Å². The third kappa shape index (κ3) is 3.46. The van der Waals surface area contributed by atoms with Gasteiger partial charge in [0.2, 0.25) is 0 Å². The quantitative estimate of drug-likeness (QED) is 0.307. The molecule has 1 heterocycles. The van der Waals surface area contributed by atoms with Crippen LogP contribution in [0.15, 0.2) is 84.9 Å². The molecule has 1 fully saturated rings. The summed E-state index contributed by atoms with van der Waals surface area (Å²) >= 11 is 0. The first-order chi connectivity index (χ1) is 16.3. The summed E-state index contributed by atoms with van der Waals surface area (Å²) in [5.41, 5.74) is -0.990. The van der Waals surface area contributed by atoms with Gasteiger partial charge in [0, 0.05) is 25.2 Å². The molecular weight excluding hydrogens is 432 g/mol. The first kappa shape index (κ1) is 22.9. The molecule has 0 bridgehead atoms. The van der Waals surface area contributed by atoms with E-state index in [4.69, 9.17) is 4.74 Å². The molecule has 4 rings (SSSR count). The summed E-state index contributed by atoms with van der Waals surface area (Å²) in [6, 6.07) is 22.6. The minimum atomic E-state index is -1.88. The zero-order valence-electron chi connectivity index (χ0n) is 19.1. The number of rotatable bonds is 7. The molecule has 3 aromatic rings. The van der Waals surface area contributed by atoms with Crippen LogP contribution in [0.4, 0.5) is 4.79 Å². The average molecular weight is 456 g/mol. The standard InChI is InChI=1S/C27H24N2O5/c1-28-25(32)27(29(2)26(28)33,20-14-16-21(34-3)17-15-20)22(23(30)18-10-6-4-7-11-18)24(31)19-12-8-5-9-13-19/h4-17,22H,1-3H3. The zero-order chi connectivity index (χ0) is 24.5. The van der Waals surface area contributed by atoms with E-state index < -0.39 is 35.0 Å². The number of ether oxygens (including phenoxy) is 1. The Morgan fingerprint density at radius 3 is 1.62 bits per heavy atom. The number of amides is 3. The molecule has 0 aromatic heterocycles. The Labute approximate surface area is 197 Å². The van der Waals surface area contributed by atoms with Crippen LogP contribution in [0, 0.1) is 5.92 Å². The monoisotopic (exact) mass is 456 g/mol. The Morgan fingerprint density at radius 1 is 0.765 bits per heavy atom. The maximum absolute atomic E-state index is 14.0. The van der Waals surface area contributed by atoms with Crippen LogP contribution in [-0.4, -0.2) is 54.5 Å². The van der Waals surface area contributed by atoms with Crippen LogP contribution in [0.2, 0.25) is 0 Å². The second-order valence-corrected chi connectivity index (χ2v) is 8.09. The smallest absolute Gasteiger partial charge is 0.327 e. The number of carbonyl (C=O) groups is 4. The van der Waals surface area contributed by atoms with Crippen molar-refractivity contribution in [2.24, 2.45) is 5.92 Å². The molecule has 3 aromatic carbocycles. The van der Waals surface area contributed by atoms with Crippen LogP contribution in [0.5, 0.6) is 5.75 Å². The van der Waals surface area contributed by atoms with Crippen molar-refractivity contribution in [3.63, 3.8) is 0 Å². The van der Waals surface area contributed by atoms with E-state index in [1.807, 2.05) is 0 Å². The van der Waals surface area contributed by atoms with E-state index >= 15 is 0 Å². The molecule has 1 atom stereocenters. The lowest BCUT2D eigenvalue weighted by molar-refractivity contribution is -0.134. The number of hydrogen-bond donors (Lipinski definition) is 0. The van der Waals surface area contributed by atoms with E-state index in [0.29, 0.717) is 11.3 Å². The number of benzene rings is 3. The average Bonchev–Trinajstić information content (AvgIpc) is 3.06. The number of Topliss-reactive ketones (excluding diaryl/α,β-unsaturated/α-hetero) is 2. The van der Waals surface area contributed by atoms with Gasteiger partial charge in [-0.3, -0.25) is 19.3 Å².